The van der Waals surface area contributed by atoms with Crippen LogP contribution in [0.25, 0.3) is 0 Å². The van der Waals surface area contributed by atoms with Crippen molar-refractivity contribution in [2.24, 2.45) is 0 Å². The molecule has 1 aliphatic rings. The zero-order valence-corrected chi connectivity index (χ0v) is 13.6. The van der Waals surface area contributed by atoms with Crippen LogP contribution in [0, 0.1) is 12.7 Å². The lowest BCUT2D eigenvalue weighted by Crippen LogP contribution is -2.32. The van der Waals surface area contributed by atoms with Gasteiger partial charge in [0.25, 0.3) is 0 Å². The minimum Gasteiger partial charge on any atom is -0.447 e. The molecule has 0 unspecified atom stereocenters. The molecule has 2 N–H and O–H groups in total. The number of carbonyl (C=O) groups excluding carboxylic acids is 2. The van der Waals surface area contributed by atoms with Crippen LogP contribution in [0.15, 0.2) is 22.7 Å². The monoisotopic (exact) mass is 349 g/mol. The van der Waals surface area contributed by atoms with Crippen molar-refractivity contribution in [2.45, 2.75) is 19.9 Å². The summed E-state index contributed by atoms with van der Waals surface area (Å²) in [5.74, 6) is 0.0507. The lowest BCUT2D eigenvalue weighted by molar-refractivity contribution is 0.181. The van der Waals surface area contributed by atoms with Gasteiger partial charge < -0.3 is 19.9 Å². The molecule has 1 saturated heterocycles. The quantitative estimate of drug-likeness (QED) is 0.877. The third-order valence-corrected chi connectivity index (χ3v) is 3.53. The Morgan fingerprint density at radius 2 is 2.24 bits per heavy atom. The number of halogens is 1. The van der Waals surface area contributed by atoms with Crippen LogP contribution in [0.5, 0.6) is 0 Å². The third-order valence-electron chi connectivity index (χ3n) is 3.53. The fourth-order valence-electron chi connectivity index (χ4n) is 2.31. The molecule has 9 nitrogen and oxygen atoms in total. The van der Waals surface area contributed by atoms with Gasteiger partial charge >= 0.3 is 12.1 Å². The summed E-state index contributed by atoms with van der Waals surface area (Å²) in [5.41, 5.74) is 0.364. The van der Waals surface area contributed by atoms with Crippen LogP contribution >= 0.6 is 0 Å². The number of aromatic nitrogens is 2. The Balaban J connectivity index is 1.69. The number of ether oxygens (including phenoxy) is 1. The lowest BCUT2D eigenvalue weighted by atomic mass is 10.2. The lowest BCUT2D eigenvalue weighted by Gasteiger charge is -2.16. The summed E-state index contributed by atoms with van der Waals surface area (Å²) in [6.45, 7) is 3.94. The van der Waals surface area contributed by atoms with Crippen molar-refractivity contribution in [1.82, 2.24) is 15.5 Å². The molecule has 0 spiro atoms. The van der Waals surface area contributed by atoms with Crippen molar-refractivity contribution in [3.63, 3.8) is 0 Å². The Bertz CT molecular complexity index is 809. The van der Waals surface area contributed by atoms with Crippen LogP contribution in [-0.2, 0) is 4.74 Å². The standard InChI is InChI=1S/C15H16FN5O4/c1-8(13-18-9(2)20-25-13)17-14(22)19-12-7-10(3-4-11(12)16)21-5-6-24-15(21)23/h3-4,7-8H,5-6H2,1-2H3,(H2,17,19,22)/t8-/m0/s1. The second kappa shape index (κ2) is 6.75. The Morgan fingerprint density at radius 3 is 2.88 bits per heavy atom. The van der Waals surface area contributed by atoms with Crippen molar-refractivity contribution in [1.29, 1.82) is 0 Å². The number of amides is 3. The van der Waals surface area contributed by atoms with E-state index in [-0.39, 0.29) is 18.2 Å². The van der Waals surface area contributed by atoms with Gasteiger partial charge in [0.05, 0.1) is 12.2 Å². The highest BCUT2D eigenvalue weighted by Crippen LogP contribution is 2.25. The summed E-state index contributed by atoms with van der Waals surface area (Å²) >= 11 is 0. The van der Waals surface area contributed by atoms with Gasteiger partial charge in [0.2, 0.25) is 5.89 Å². The number of carbonyl (C=O) groups is 2. The summed E-state index contributed by atoms with van der Waals surface area (Å²) < 4.78 is 23.8. The highest BCUT2D eigenvalue weighted by atomic mass is 19.1. The third kappa shape index (κ3) is 3.67. The Labute approximate surface area is 142 Å². The van der Waals surface area contributed by atoms with E-state index in [0.29, 0.717) is 18.1 Å². The fourth-order valence-corrected chi connectivity index (χ4v) is 2.31. The summed E-state index contributed by atoms with van der Waals surface area (Å²) in [4.78, 5) is 29.0. The van der Waals surface area contributed by atoms with E-state index in [2.05, 4.69) is 20.8 Å². The molecule has 2 aromatic rings. The number of benzene rings is 1. The maximum atomic E-state index is 14.0. The highest BCUT2D eigenvalue weighted by Gasteiger charge is 2.24. The van der Waals surface area contributed by atoms with Gasteiger partial charge in [-0.2, -0.15) is 4.98 Å². The predicted octanol–water partition coefficient (Wildman–Crippen LogP) is 2.36. The van der Waals surface area contributed by atoms with E-state index in [1.807, 2.05) is 0 Å². The number of aryl methyl sites for hydroxylation is 1. The highest BCUT2D eigenvalue weighted by molar-refractivity contribution is 5.93. The topological polar surface area (TPSA) is 110 Å². The molecule has 0 aliphatic carbocycles. The minimum absolute atomic E-state index is 0.0661. The average Bonchev–Trinajstić information content (AvgIpc) is 3.18. The number of hydrogen-bond acceptors (Lipinski definition) is 6. The van der Waals surface area contributed by atoms with Crippen molar-refractivity contribution < 1.29 is 23.2 Å². The van der Waals surface area contributed by atoms with E-state index in [0.717, 1.165) is 0 Å². The average molecular weight is 349 g/mol. The Morgan fingerprint density at radius 1 is 1.44 bits per heavy atom. The van der Waals surface area contributed by atoms with Gasteiger partial charge in [-0.1, -0.05) is 5.16 Å². The van der Waals surface area contributed by atoms with Crippen molar-refractivity contribution in [2.75, 3.05) is 23.4 Å². The van der Waals surface area contributed by atoms with Crippen molar-refractivity contribution in [3.8, 4) is 0 Å². The van der Waals surface area contributed by atoms with Crippen LogP contribution in [0.3, 0.4) is 0 Å². The summed E-state index contributed by atoms with van der Waals surface area (Å²) in [6.07, 6.45) is -0.512. The van der Waals surface area contributed by atoms with Gasteiger partial charge in [-0.05, 0) is 32.0 Å². The van der Waals surface area contributed by atoms with Crippen LogP contribution < -0.4 is 15.5 Å². The second-order valence-electron chi connectivity index (χ2n) is 5.43. The predicted molar refractivity (Wildman–Crippen MR) is 84.7 cm³/mol. The molecule has 3 amide bonds. The van der Waals surface area contributed by atoms with Gasteiger partial charge in [0, 0.05) is 5.69 Å². The molecular formula is C15H16FN5O4. The first kappa shape index (κ1) is 16.7. The summed E-state index contributed by atoms with van der Waals surface area (Å²) in [5, 5.41) is 8.61. The van der Waals surface area contributed by atoms with Gasteiger partial charge in [-0.25, -0.2) is 14.0 Å². The SMILES string of the molecule is Cc1noc([C@H](C)NC(=O)Nc2cc(N3CCOC3=O)ccc2F)n1. The molecule has 2 heterocycles. The largest absolute Gasteiger partial charge is 0.447 e. The number of nitrogens with one attached hydrogen (secondary N) is 2. The minimum atomic E-state index is -0.650. The first-order valence-electron chi connectivity index (χ1n) is 7.55. The Kier molecular flexibility index (Phi) is 4.50. The van der Waals surface area contributed by atoms with E-state index < -0.39 is 24.0 Å². The first-order chi connectivity index (χ1) is 11.9. The molecule has 1 fully saturated rings. The number of nitrogens with zero attached hydrogens (tertiary/aromatic N) is 3. The van der Waals surface area contributed by atoms with E-state index in [1.165, 1.54) is 23.1 Å². The molecule has 10 heteroatoms. The van der Waals surface area contributed by atoms with E-state index in [4.69, 9.17) is 9.26 Å². The number of urea groups is 1. The van der Waals surface area contributed by atoms with Crippen LogP contribution in [0.4, 0.5) is 25.4 Å². The maximum absolute atomic E-state index is 14.0. The maximum Gasteiger partial charge on any atom is 0.414 e. The Hall–Kier alpha value is -3.17. The van der Waals surface area contributed by atoms with E-state index >= 15 is 0 Å². The summed E-state index contributed by atoms with van der Waals surface area (Å²) in [6, 6.07) is 2.77. The molecule has 0 bridgehead atoms. The fraction of sp³-hybridized carbons (Fsp3) is 0.333. The van der Waals surface area contributed by atoms with Gasteiger partial charge in [-0.15, -0.1) is 0 Å². The second-order valence-corrected chi connectivity index (χ2v) is 5.43. The van der Waals surface area contributed by atoms with Crippen LogP contribution in [0.1, 0.15) is 24.7 Å². The molecule has 132 valence electrons. The smallest absolute Gasteiger partial charge is 0.414 e. The molecule has 1 aromatic carbocycles. The zero-order chi connectivity index (χ0) is 18.0. The van der Waals surface area contributed by atoms with Crippen molar-refractivity contribution >= 4 is 23.5 Å². The van der Waals surface area contributed by atoms with E-state index in [9.17, 15) is 14.0 Å². The zero-order valence-electron chi connectivity index (χ0n) is 13.6. The first-order valence-corrected chi connectivity index (χ1v) is 7.55. The summed E-state index contributed by atoms with van der Waals surface area (Å²) in [7, 11) is 0. The van der Waals surface area contributed by atoms with Crippen LogP contribution in [-0.4, -0.2) is 35.4 Å². The number of anilines is 2. The molecule has 1 aromatic heterocycles. The molecule has 3 rings (SSSR count). The molecule has 25 heavy (non-hydrogen) atoms. The number of cyclic esters (lactones) is 1. The number of rotatable bonds is 4. The molecule has 1 aliphatic heterocycles. The molecule has 1 atom stereocenters. The normalized spacial score (nSPS) is 15.0. The van der Waals surface area contributed by atoms with E-state index in [1.54, 1.807) is 13.8 Å². The van der Waals surface area contributed by atoms with Crippen molar-refractivity contribution in [3.05, 3.63) is 35.7 Å². The molecule has 0 radical (unpaired) electrons. The van der Waals surface area contributed by atoms with Gasteiger partial charge in [0.15, 0.2) is 5.82 Å². The van der Waals surface area contributed by atoms with Gasteiger partial charge in [0.1, 0.15) is 18.5 Å². The molecular weight excluding hydrogens is 333 g/mol. The molecule has 0 saturated carbocycles. The number of hydrogen-bond donors (Lipinski definition) is 2. The van der Waals surface area contributed by atoms with Crippen LogP contribution in [0.2, 0.25) is 0 Å². The van der Waals surface area contributed by atoms with Gasteiger partial charge in [-0.3, -0.25) is 4.90 Å².